The molecule has 1 aromatic carbocycles. The van der Waals surface area contributed by atoms with Crippen LogP contribution < -0.4 is 5.32 Å². The van der Waals surface area contributed by atoms with Crippen LogP contribution in [0.2, 0.25) is 0 Å². The van der Waals surface area contributed by atoms with Crippen LogP contribution >= 0.6 is 0 Å². The van der Waals surface area contributed by atoms with E-state index in [-0.39, 0.29) is 6.61 Å². The van der Waals surface area contributed by atoms with Gasteiger partial charge in [-0.25, -0.2) is 14.7 Å². The number of amides is 2. The van der Waals surface area contributed by atoms with Crippen molar-refractivity contribution < 1.29 is 28.7 Å². The molecular weight excluding hydrogens is 328 g/mol. The van der Waals surface area contributed by atoms with Gasteiger partial charge in [0.2, 0.25) is 0 Å². The molecule has 1 N–H and O–H groups in total. The minimum absolute atomic E-state index is 0.110. The summed E-state index contributed by atoms with van der Waals surface area (Å²) >= 11 is 0. The highest BCUT2D eigenvalue weighted by Crippen LogP contribution is 2.23. The van der Waals surface area contributed by atoms with E-state index in [1.54, 1.807) is 20.8 Å². The molecule has 0 bridgehead atoms. The van der Waals surface area contributed by atoms with Crippen molar-refractivity contribution in [1.82, 2.24) is 10.4 Å². The van der Waals surface area contributed by atoms with Crippen LogP contribution in [-0.4, -0.2) is 47.8 Å². The quantitative estimate of drug-likeness (QED) is 0.637. The summed E-state index contributed by atoms with van der Waals surface area (Å²) in [5.74, 6) is -1.23. The maximum atomic E-state index is 12.2. The summed E-state index contributed by atoms with van der Waals surface area (Å²) in [4.78, 5) is 41.5. The molecule has 1 aliphatic heterocycles. The second-order valence-electron chi connectivity index (χ2n) is 6.51. The van der Waals surface area contributed by atoms with Gasteiger partial charge in [0.25, 0.3) is 5.91 Å². The van der Waals surface area contributed by atoms with Crippen molar-refractivity contribution >= 4 is 18.0 Å². The zero-order valence-corrected chi connectivity index (χ0v) is 14.6. The van der Waals surface area contributed by atoms with E-state index in [1.165, 1.54) is 7.11 Å². The van der Waals surface area contributed by atoms with Gasteiger partial charge in [0, 0.05) is 0 Å². The molecule has 136 valence electrons. The maximum absolute atomic E-state index is 12.2. The first-order chi connectivity index (χ1) is 11.7. The van der Waals surface area contributed by atoms with Gasteiger partial charge in [0.1, 0.15) is 18.2 Å². The largest absolute Gasteiger partial charge is 0.467 e. The lowest BCUT2D eigenvalue weighted by Gasteiger charge is -2.43. The molecule has 25 heavy (non-hydrogen) atoms. The molecule has 2 rings (SSSR count). The van der Waals surface area contributed by atoms with Crippen LogP contribution in [0.5, 0.6) is 0 Å². The van der Waals surface area contributed by atoms with Gasteiger partial charge in [0.15, 0.2) is 6.04 Å². The maximum Gasteiger partial charge on any atom is 0.408 e. The molecule has 1 fully saturated rings. The Morgan fingerprint density at radius 3 is 2.40 bits per heavy atom. The number of carbonyl (C=O) groups is 3. The second kappa shape index (κ2) is 7.52. The summed E-state index contributed by atoms with van der Waals surface area (Å²) in [6.07, 6.45) is -0.789. The van der Waals surface area contributed by atoms with Gasteiger partial charge < -0.3 is 14.8 Å². The van der Waals surface area contributed by atoms with E-state index in [0.29, 0.717) is 0 Å². The third kappa shape index (κ3) is 4.69. The Morgan fingerprint density at radius 2 is 1.84 bits per heavy atom. The average molecular weight is 350 g/mol. The van der Waals surface area contributed by atoms with E-state index in [4.69, 9.17) is 14.3 Å². The number of hydrogen-bond acceptors (Lipinski definition) is 6. The molecule has 8 nitrogen and oxygen atoms in total. The van der Waals surface area contributed by atoms with Gasteiger partial charge in [-0.3, -0.25) is 9.63 Å². The first-order valence-electron chi connectivity index (χ1n) is 7.80. The normalized spacial score (nSPS) is 19.8. The predicted octanol–water partition coefficient (Wildman–Crippen LogP) is 1.40. The number of alkyl carbamates (subject to hydrolysis) is 1. The molecule has 0 aliphatic carbocycles. The van der Waals surface area contributed by atoms with Gasteiger partial charge >= 0.3 is 12.1 Å². The van der Waals surface area contributed by atoms with Gasteiger partial charge in [-0.2, -0.15) is 0 Å². The summed E-state index contributed by atoms with van der Waals surface area (Å²) < 4.78 is 9.80. The molecule has 2 atom stereocenters. The number of hydrogen-bond donors (Lipinski definition) is 1. The van der Waals surface area contributed by atoms with Crippen molar-refractivity contribution in [1.29, 1.82) is 0 Å². The summed E-state index contributed by atoms with van der Waals surface area (Å²) in [6, 6.07) is 7.03. The third-order valence-electron chi connectivity index (χ3n) is 3.38. The molecule has 1 aromatic rings. The van der Waals surface area contributed by atoms with Crippen LogP contribution in [0.1, 0.15) is 26.3 Å². The molecule has 2 unspecified atom stereocenters. The Labute approximate surface area is 146 Å². The summed E-state index contributed by atoms with van der Waals surface area (Å²) in [7, 11) is 1.20. The third-order valence-corrected chi connectivity index (χ3v) is 3.38. The van der Waals surface area contributed by atoms with E-state index >= 15 is 0 Å². The SMILES string of the molecule is COC(=O)C1C(NC(=O)OC(C)(C)C)C(=O)N1OCc1ccccc1. The molecule has 0 saturated carbocycles. The lowest BCUT2D eigenvalue weighted by molar-refractivity contribution is -0.243. The van der Waals surface area contributed by atoms with Gasteiger partial charge in [-0.1, -0.05) is 30.3 Å². The fourth-order valence-corrected chi connectivity index (χ4v) is 2.25. The average Bonchev–Trinajstić information content (AvgIpc) is 2.55. The van der Waals surface area contributed by atoms with Crippen molar-refractivity contribution in [3.8, 4) is 0 Å². The molecule has 0 aromatic heterocycles. The number of esters is 1. The standard InChI is InChI=1S/C17H22N2O6/c1-17(2,3)25-16(22)18-12-13(15(21)23-4)19(14(12)20)24-10-11-8-6-5-7-9-11/h5-9,12-13H,10H2,1-4H3,(H,18,22). The van der Waals surface area contributed by atoms with Crippen LogP contribution in [0.4, 0.5) is 4.79 Å². The summed E-state index contributed by atoms with van der Waals surface area (Å²) in [6.45, 7) is 5.20. The van der Waals surface area contributed by atoms with E-state index < -0.39 is 35.7 Å². The van der Waals surface area contributed by atoms with Crippen LogP contribution in [-0.2, 0) is 30.5 Å². The number of rotatable bonds is 5. The molecule has 2 amide bonds. The number of ether oxygens (including phenoxy) is 2. The number of carbonyl (C=O) groups excluding carboxylic acids is 3. The van der Waals surface area contributed by atoms with E-state index in [2.05, 4.69) is 5.32 Å². The van der Waals surface area contributed by atoms with Crippen molar-refractivity contribution in [2.24, 2.45) is 0 Å². The predicted molar refractivity (Wildman–Crippen MR) is 87.0 cm³/mol. The number of hydroxylamine groups is 2. The Kier molecular flexibility index (Phi) is 5.63. The fourth-order valence-electron chi connectivity index (χ4n) is 2.25. The Morgan fingerprint density at radius 1 is 1.20 bits per heavy atom. The lowest BCUT2D eigenvalue weighted by Crippen LogP contribution is -2.73. The lowest BCUT2D eigenvalue weighted by atomic mass is 9.98. The van der Waals surface area contributed by atoms with Crippen LogP contribution in [0, 0.1) is 0 Å². The minimum atomic E-state index is -1.09. The first kappa shape index (κ1) is 18.7. The van der Waals surface area contributed by atoms with Crippen molar-refractivity contribution in [2.75, 3.05) is 7.11 Å². The fraction of sp³-hybridized carbons (Fsp3) is 0.471. The summed E-state index contributed by atoms with van der Waals surface area (Å²) in [5, 5.41) is 3.30. The summed E-state index contributed by atoms with van der Waals surface area (Å²) in [5.41, 5.74) is 0.115. The first-order valence-corrected chi connectivity index (χ1v) is 7.80. The van der Waals surface area contributed by atoms with Crippen molar-refractivity contribution in [2.45, 2.75) is 45.1 Å². The van der Waals surface area contributed by atoms with E-state index in [9.17, 15) is 14.4 Å². The monoisotopic (exact) mass is 350 g/mol. The van der Waals surface area contributed by atoms with Gasteiger partial charge in [-0.15, -0.1) is 0 Å². The molecule has 1 saturated heterocycles. The van der Waals surface area contributed by atoms with Crippen LogP contribution in [0.3, 0.4) is 0 Å². The number of nitrogens with zero attached hydrogens (tertiary/aromatic N) is 1. The molecule has 0 radical (unpaired) electrons. The number of methoxy groups -OCH3 is 1. The van der Waals surface area contributed by atoms with Crippen LogP contribution in [0.25, 0.3) is 0 Å². The molecule has 8 heteroatoms. The highest BCUT2D eigenvalue weighted by atomic mass is 16.7. The second-order valence-corrected chi connectivity index (χ2v) is 6.51. The molecule has 1 aliphatic rings. The Balaban J connectivity index is 2.01. The highest BCUT2D eigenvalue weighted by molar-refractivity contribution is 6.00. The minimum Gasteiger partial charge on any atom is -0.467 e. The van der Waals surface area contributed by atoms with Crippen molar-refractivity contribution in [3.05, 3.63) is 35.9 Å². The zero-order valence-electron chi connectivity index (χ0n) is 14.6. The topological polar surface area (TPSA) is 94.2 Å². The number of benzene rings is 1. The van der Waals surface area contributed by atoms with E-state index in [1.807, 2.05) is 30.3 Å². The van der Waals surface area contributed by atoms with Gasteiger partial charge in [-0.05, 0) is 26.3 Å². The smallest absolute Gasteiger partial charge is 0.408 e. The highest BCUT2D eigenvalue weighted by Gasteiger charge is 2.55. The van der Waals surface area contributed by atoms with Crippen molar-refractivity contribution in [3.63, 3.8) is 0 Å². The Bertz CT molecular complexity index is 640. The molecule has 0 spiro atoms. The van der Waals surface area contributed by atoms with Gasteiger partial charge in [0.05, 0.1) is 7.11 Å². The zero-order chi connectivity index (χ0) is 18.6. The molecule has 1 heterocycles. The number of nitrogens with one attached hydrogen (secondary N) is 1. The molecular formula is C17H22N2O6. The Hall–Kier alpha value is -2.61. The van der Waals surface area contributed by atoms with Crippen LogP contribution in [0.15, 0.2) is 30.3 Å². The van der Waals surface area contributed by atoms with E-state index in [0.717, 1.165) is 10.6 Å². The number of β-lactam (4-membered cyclic amide) rings is 1.